The molecule has 0 radical (unpaired) electrons. The van der Waals surface area contributed by atoms with Gasteiger partial charge >= 0.3 is 0 Å². The van der Waals surface area contributed by atoms with Crippen molar-refractivity contribution in [1.82, 2.24) is 15.3 Å². The number of hydrogen-bond donors (Lipinski definition) is 1. The number of aryl methyl sites for hydroxylation is 3. The third-order valence-electron chi connectivity index (χ3n) is 3.65. The number of fused-ring (bicyclic) bond motifs is 1. The second-order valence-electron chi connectivity index (χ2n) is 5.10. The Bertz CT molecular complexity index is 632. The van der Waals surface area contributed by atoms with Crippen molar-refractivity contribution in [2.24, 2.45) is 0 Å². The quantitative estimate of drug-likeness (QED) is 0.943. The van der Waals surface area contributed by atoms with Gasteiger partial charge in [-0.15, -0.1) is 11.3 Å². The van der Waals surface area contributed by atoms with Gasteiger partial charge in [-0.3, -0.25) is 4.79 Å². The van der Waals surface area contributed by atoms with Crippen LogP contribution in [-0.4, -0.2) is 22.4 Å². The maximum Gasteiger partial charge on any atom is 0.273 e. The summed E-state index contributed by atoms with van der Waals surface area (Å²) in [5.41, 5.74) is 1.55. The van der Waals surface area contributed by atoms with Crippen LogP contribution in [0.4, 0.5) is 0 Å². The van der Waals surface area contributed by atoms with Crippen LogP contribution in [0.2, 0.25) is 0 Å². The number of carbonyl (C=O) groups excluding carboxylic acids is 1. The summed E-state index contributed by atoms with van der Waals surface area (Å²) in [6, 6.07) is 0. The maximum absolute atomic E-state index is 12.0. The van der Waals surface area contributed by atoms with Crippen molar-refractivity contribution in [3.05, 3.63) is 33.4 Å². The van der Waals surface area contributed by atoms with E-state index in [0.717, 1.165) is 24.3 Å². The molecule has 2 aromatic heterocycles. The molecule has 106 valence electrons. The second kappa shape index (κ2) is 5.36. The highest BCUT2D eigenvalue weighted by Gasteiger charge is 2.25. The standard InChI is InChI=1S/C14H17N3O2S/c1-8-12(16-7-19-8)14(18)15-6-10-4-3-5-11-13(10)17-9(2)20-11/h7,10H,3-6H2,1-2H3,(H,15,18)/t10-/m1/s1. The Morgan fingerprint density at radius 3 is 3.15 bits per heavy atom. The highest BCUT2D eigenvalue weighted by molar-refractivity contribution is 7.11. The van der Waals surface area contributed by atoms with Crippen LogP contribution in [0.25, 0.3) is 0 Å². The Hall–Kier alpha value is -1.69. The molecular weight excluding hydrogens is 274 g/mol. The van der Waals surface area contributed by atoms with Crippen LogP contribution < -0.4 is 5.32 Å². The number of aromatic nitrogens is 2. The zero-order chi connectivity index (χ0) is 14.1. The first-order chi connectivity index (χ1) is 9.65. The Morgan fingerprint density at radius 1 is 1.55 bits per heavy atom. The van der Waals surface area contributed by atoms with Crippen molar-refractivity contribution in [3.8, 4) is 0 Å². The Labute approximate surface area is 121 Å². The molecule has 20 heavy (non-hydrogen) atoms. The lowest BCUT2D eigenvalue weighted by Gasteiger charge is -2.21. The van der Waals surface area contributed by atoms with E-state index >= 15 is 0 Å². The molecule has 0 bridgehead atoms. The predicted octanol–water partition coefficient (Wildman–Crippen LogP) is 2.60. The predicted molar refractivity (Wildman–Crippen MR) is 76.1 cm³/mol. The molecule has 0 saturated carbocycles. The van der Waals surface area contributed by atoms with Crippen LogP contribution in [0, 0.1) is 13.8 Å². The van der Waals surface area contributed by atoms with E-state index in [0.29, 0.717) is 23.9 Å². The van der Waals surface area contributed by atoms with E-state index in [1.54, 1.807) is 18.3 Å². The molecule has 2 aromatic rings. The first-order valence-corrected chi connectivity index (χ1v) is 7.61. The number of rotatable bonds is 3. The van der Waals surface area contributed by atoms with E-state index in [2.05, 4.69) is 15.3 Å². The van der Waals surface area contributed by atoms with Crippen molar-refractivity contribution in [2.75, 3.05) is 6.54 Å². The van der Waals surface area contributed by atoms with Gasteiger partial charge in [0.1, 0.15) is 5.76 Å². The molecule has 6 heteroatoms. The molecule has 1 N–H and O–H groups in total. The number of hydrogen-bond acceptors (Lipinski definition) is 5. The lowest BCUT2D eigenvalue weighted by Crippen LogP contribution is -2.30. The average Bonchev–Trinajstić information content (AvgIpc) is 3.00. The molecule has 0 unspecified atom stereocenters. The highest BCUT2D eigenvalue weighted by Crippen LogP contribution is 2.34. The SMILES string of the molecule is Cc1nc2c(s1)CCC[C@@H]2CNC(=O)c1ncoc1C. The van der Waals surface area contributed by atoms with E-state index in [-0.39, 0.29) is 5.91 Å². The van der Waals surface area contributed by atoms with Crippen molar-refractivity contribution < 1.29 is 9.21 Å². The highest BCUT2D eigenvalue weighted by atomic mass is 32.1. The van der Waals surface area contributed by atoms with Crippen LogP contribution in [0.5, 0.6) is 0 Å². The van der Waals surface area contributed by atoms with Gasteiger partial charge < -0.3 is 9.73 Å². The normalized spacial score (nSPS) is 17.8. The van der Waals surface area contributed by atoms with Crippen molar-refractivity contribution in [2.45, 2.75) is 39.0 Å². The van der Waals surface area contributed by atoms with Crippen molar-refractivity contribution >= 4 is 17.2 Å². The smallest absolute Gasteiger partial charge is 0.273 e. The van der Waals surface area contributed by atoms with E-state index in [1.807, 2.05) is 6.92 Å². The lowest BCUT2D eigenvalue weighted by molar-refractivity contribution is 0.0944. The minimum atomic E-state index is -0.171. The Morgan fingerprint density at radius 2 is 2.40 bits per heavy atom. The van der Waals surface area contributed by atoms with E-state index in [1.165, 1.54) is 17.0 Å². The molecule has 0 fully saturated rings. The molecule has 5 nitrogen and oxygen atoms in total. The number of amides is 1. The van der Waals surface area contributed by atoms with Crippen LogP contribution in [0.3, 0.4) is 0 Å². The molecule has 0 spiro atoms. The van der Waals surface area contributed by atoms with Gasteiger partial charge in [0, 0.05) is 17.3 Å². The topological polar surface area (TPSA) is 68.0 Å². The van der Waals surface area contributed by atoms with Crippen molar-refractivity contribution in [3.63, 3.8) is 0 Å². The Balaban J connectivity index is 1.68. The molecule has 1 amide bonds. The zero-order valence-electron chi connectivity index (χ0n) is 11.6. The number of nitrogens with zero attached hydrogens (tertiary/aromatic N) is 2. The fourth-order valence-corrected chi connectivity index (χ4v) is 3.71. The summed E-state index contributed by atoms with van der Waals surface area (Å²) in [6.45, 7) is 4.39. The molecule has 1 atom stereocenters. The fraction of sp³-hybridized carbons (Fsp3) is 0.500. The Kier molecular flexibility index (Phi) is 3.56. The molecule has 0 saturated heterocycles. The monoisotopic (exact) mass is 291 g/mol. The number of nitrogens with one attached hydrogen (secondary N) is 1. The number of oxazole rings is 1. The summed E-state index contributed by atoms with van der Waals surface area (Å²) in [7, 11) is 0. The zero-order valence-corrected chi connectivity index (χ0v) is 12.4. The third-order valence-corrected chi connectivity index (χ3v) is 4.69. The summed E-state index contributed by atoms with van der Waals surface area (Å²) < 4.78 is 5.05. The van der Waals surface area contributed by atoms with Gasteiger partial charge in [0.2, 0.25) is 0 Å². The number of thiazole rings is 1. The second-order valence-corrected chi connectivity index (χ2v) is 6.39. The molecule has 1 aliphatic carbocycles. The van der Waals surface area contributed by atoms with Gasteiger partial charge in [0.15, 0.2) is 12.1 Å². The summed E-state index contributed by atoms with van der Waals surface area (Å²) >= 11 is 1.78. The maximum atomic E-state index is 12.0. The minimum absolute atomic E-state index is 0.171. The van der Waals surface area contributed by atoms with E-state index in [4.69, 9.17) is 4.42 Å². The molecule has 3 rings (SSSR count). The third kappa shape index (κ3) is 2.47. The van der Waals surface area contributed by atoms with Crippen LogP contribution >= 0.6 is 11.3 Å². The number of carbonyl (C=O) groups is 1. The van der Waals surface area contributed by atoms with Gasteiger partial charge in [-0.05, 0) is 33.1 Å². The molecular formula is C14H17N3O2S. The molecule has 0 aromatic carbocycles. The first kappa shape index (κ1) is 13.3. The van der Waals surface area contributed by atoms with Crippen LogP contribution in [-0.2, 0) is 6.42 Å². The first-order valence-electron chi connectivity index (χ1n) is 6.79. The summed E-state index contributed by atoms with van der Waals surface area (Å²) in [6.07, 6.45) is 4.66. The molecule has 1 aliphatic rings. The fourth-order valence-electron chi connectivity index (χ4n) is 2.65. The molecule has 2 heterocycles. The molecule has 0 aliphatic heterocycles. The summed E-state index contributed by atoms with van der Waals surface area (Å²) in [4.78, 5) is 22.0. The van der Waals surface area contributed by atoms with E-state index < -0.39 is 0 Å². The van der Waals surface area contributed by atoms with Gasteiger partial charge in [-0.1, -0.05) is 0 Å². The minimum Gasteiger partial charge on any atom is -0.448 e. The van der Waals surface area contributed by atoms with Gasteiger partial charge in [0.25, 0.3) is 5.91 Å². The summed E-state index contributed by atoms with van der Waals surface area (Å²) in [5, 5.41) is 4.06. The average molecular weight is 291 g/mol. The van der Waals surface area contributed by atoms with Gasteiger partial charge in [-0.2, -0.15) is 0 Å². The van der Waals surface area contributed by atoms with Gasteiger partial charge in [0.05, 0.1) is 10.7 Å². The van der Waals surface area contributed by atoms with Crippen LogP contribution in [0.1, 0.15) is 50.6 Å². The largest absolute Gasteiger partial charge is 0.448 e. The van der Waals surface area contributed by atoms with Crippen LogP contribution in [0.15, 0.2) is 10.8 Å². The van der Waals surface area contributed by atoms with Crippen molar-refractivity contribution in [1.29, 1.82) is 0 Å². The summed E-state index contributed by atoms with van der Waals surface area (Å²) in [5.74, 6) is 0.700. The lowest BCUT2D eigenvalue weighted by atomic mass is 9.91. The van der Waals surface area contributed by atoms with Gasteiger partial charge in [-0.25, -0.2) is 9.97 Å². The van der Waals surface area contributed by atoms with E-state index in [9.17, 15) is 4.79 Å².